The molecule has 0 bridgehead atoms. The van der Waals surface area contributed by atoms with Crippen molar-refractivity contribution in [1.82, 2.24) is 20.5 Å². The van der Waals surface area contributed by atoms with Crippen molar-refractivity contribution in [3.63, 3.8) is 0 Å². The van der Waals surface area contributed by atoms with E-state index < -0.39 is 17.5 Å². The molecule has 0 saturated carbocycles. The minimum absolute atomic E-state index is 0.150. The molecule has 1 saturated heterocycles. The number of aromatic nitrogens is 1. The highest BCUT2D eigenvalue weighted by Gasteiger charge is 2.41. The maximum absolute atomic E-state index is 13.7. The quantitative estimate of drug-likeness (QED) is 0.286. The topological polar surface area (TPSA) is 110 Å². The van der Waals surface area contributed by atoms with Gasteiger partial charge in [-0.15, -0.1) is 11.3 Å². The molecule has 10 heteroatoms. The molecule has 3 amide bonds. The van der Waals surface area contributed by atoms with Crippen LogP contribution in [0.25, 0.3) is 10.4 Å². The first-order valence-corrected chi connectivity index (χ1v) is 15.9. The number of benzene rings is 1. The first-order chi connectivity index (χ1) is 20.0. The monoisotopic (exact) mass is 600 g/mol. The van der Waals surface area contributed by atoms with E-state index in [1.165, 1.54) is 0 Å². The number of hydrogen-bond acceptors (Lipinski definition) is 7. The van der Waals surface area contributed by atoms with Crippen LogP contribution >= 0.6 is 11.3 Å². The van der Waals surface area contributed by atoms with E-state index in [0.717, 1.165) is 34.5 Å². The maximum atomic E-state index is 13.7. The molecule has 9 nitrogen and oxygen atoms in total. The second-order valence-electron chi connectivity index (χ2n) is 12.4. The first-order valence-electron chi connectivity index (χ1n) is 15.0. The van der Waals surface area contributed by atoms with Crippen molar-refractivity contribution in [1.29, 1.82) is 0 Å². The van der Waals surface area contributed by atoms with Gasteiger partial charge in [0.1, 0.15) is 12.1 Å². The zero-order valence-corrected chi connectivity index (χ0v) is 26.9. The summed E-state index contributed by atoms with van der Waals surface area (Å²) in [6.45, 7) is 14.8. The molecule has 2 atom stereocenters. The van der Waals surface area contributed by atoms with Gasteiger partial charge in [-0.1, -0.05) is 58.9 Å². The number of ether oxygens (including phenoxy) is 2. The van der Waals surface area contributed by atoms with Crippen molar-refractivity contribution in [3.8, 4) is 10.4 Å². The molecule has 3 rings (SSSR count). The summed E-state index contributed by atoms with van der Waals surface area (Å²) in [6, 6.07) is 6.77. The number of carbonyl (C=O) groups is 3. The summed E-state index contributed by atoms with van der Waals surface area (Å²) in [5.74, 6) is -0.0504. The Morgan fingerprint density at radius 1 is 1.07 bits per heavy atom. The number of carbonyl (C=O) groups excluding carboxylic acids is 3. The Hall–Kier alpha value is -2.82. The third-order valence-electron chi connectivity index (χ3n) is 7.37. The Labute approximate surface area is 254 Å². The van der Waals surface area contributed by atoms with E-state index >= 15 is 0 Å². The second kappa shape index (κ2) is 16.1. The zero-order valence-electron chi connectivity index (χ0n) is 26.0. The van der Waals surface area contributed by atoms with Crippen molar-refractivity contribution in [3.05, 3.63) is 41.0 Å². The van der Waals surface area contributed by atoms with Gasteiger partial charge in [0, 0.05) is 26.1 Å². The number of nitrogens with one attached hydrogen (secondary N) is 2. The van der Waals surface area contributed by atoms with E-state index in [4.69, 9.17) is 9.47 Å². The Morgan fingerprint density at radius 2 is 1.76 bits per heavy atom. The van der Waals surface area contributed by atoms with Gasteiger partial charge in [0.2, 0.25) is 17.7 Å². The van der Waals surface area contributed by atoms with Gasteiger partial charge >= 0.3 is 0 Å². The first kappa shape index (κ1) is 33.7. The highest BCUT2D eigenvalue weighted by molar-refractivity contribution is 7.13. The number of aryl methyl sites for hydroxylation is 1. The van der Waals surface area contributed by atoms with Crippen LogP contribution in [0.2, 0.25) is 0 Å². The third kappa shape index (κ3) is 10.2. The van der Waals surface area contributed by atoms with Crippen LogP contribution in [0.3, 0.4) is 0 Å². The normalized spacial score (nSPS) is 16.1. The lowest BCUT2D eigenvalue weighted by Gasteiger charge is -2.35. The predicted octanol–water partition coefficient (Wildman–Crippen LogP) is 4.73. The maximum Gasteiger partial charge on any atom is 0.246 e. The molecular formula is C32H48N4O5S. The molecule has 232 valence electrons. The van der Waals surface area contributed by atoms with E-state index in [2.05, 4.69) is 29.5 Å². The second-order valence-corrected chi connectivity index (χ2v) is 13.2. The minimum atomic E-state index is -0.750. The molecule has 2 aromatic rings. The van der Waals surface area contributed by atoms with Gasteiger partial charge in [-0.25, -0.2) is 4.98 Å². The lowest BCUT2D eigenvalue weighted by atomic mass is 9.85. The van der Waals surface area contributed by atoms with Crippen molar-refractivity contribution >= 4 is 29.1 Å². The summed E-state index contributed by atoms with van der Waals surface area (Å²) in [4.78, 5) is 46.7. The van der Waals surface area contributed by atoms with Crippen LogP contribution in [0, 0.1) is 18.3 Å². The van der Waals surface area contributed by atoms with E-state index in [1.54, 1.807) is 16.2 Å². The van der Waals surface area contributed by atoms with Gasteiger partial charge in [0.05, 0.1) is 35.9 Å². The molecule has 0 radical (unpaired) electrons. The molecule has 42 heavy (non-hydrogen) atoms. The van der Waals surface area contributed by atoms with Crippen molar-refractivity contribution < 1.29 is 23.9 Å². The summed E-state index contributed by atoms with van der Waals surface area (Å²) < 4.78 is 11.1. The van der Waals surface area contributed by atoms with E-state index in [-0.39, 0.29) is 30.7 Å². The fraction of sp³-hybridized carbons (Fsp3) is 0.625. The molecule has 1 aromatic heterocycles. The van der Waals surface area contributed by atoms with Crippen LogP contribution in [0.5, 0.6) is 0 Å². The molecule has 0 aliphatic carbocycles. The number of thiazole rings is 1. The van der Waals surface area contributed by atoms with Gasteiger partial charge in [-0.2, -0.15) is 0 Å². The standard InChI is InChI=1S/C32H48N4O5S/c1-22(2)13-16-40-18-19-41-17-14-27(37)35-29(32(4,5)6)31(39)36-15-7-8-26(36)30(38)33-20-24-9-11-25(12-10-24)28-23(3)34-21-42-28/h9-12,21-22,26,29H,7-8,13-20H2,1-6H3,(H,33,38)(H,35,37). The highest BCUT2D eigenvalue weighted by atomic mass is 32.1. The Morgan fingerprint density at radius 3 is 2.38 bits per heavy atom. The average Bonchev–Trinajstić information content (AvgIpc) is 3.60. The minimum Gasteiger partial charge on any atom is -0.379 e. The smallest absolute Gasteiger partial charge is 0.246 e. The predicted molar refractivity (Wildman–Crippen MR) is 166 cm³/mol. The van der Waals surface area contributed by atoms with Crippen molar-refractivity contribution in [2.75, 3.05) is 33.0 Å². The molecule has 1 aliphatic heterocycles. The fourth-order valence-electron chi connectivity index (χ4n) is 4.82. The summed E-state index contributed by atoms with van der Waals surface area (Å²) >= 11 is 1.61. The van der Waals surface area contributed by atoms with Crippen LogP contribution in [0.4, 0.5) is 0 Å². The van der Waals surface area contributed by atoms with Crippen molar-refractivity contribution in [2.24, 2.45) is 11.3 Å². The fourth-order valence-corrected chi connectivity index (χ4v) is 5.63. The largest absolute Gasteiger partial charge is 0.379 e. The van der Waals surface area contributed by atoms with Crippen LogP contribution in [0.1, 0.15) is 71.6 Å². The number of amides is 3. The van der Waals surface area contributed by atoms with E-state index in [9.17, 15) is 14.4 Å². The molecule has 1 fully saturated rings. The van der Waals surface area contributed by atoms with Gasteiger partial charge in [0.25, 0.3) is 0 Å². The number of hydrogen-bond donors (Lipinski definition) is 2. The van der Waals surface area contributed by atoms with Gasteiger partial charge in [0.15, 0.2) is 0 Å². The van der Waals surface area contributed by atoms with Crippen LogP contribution < -0.4 is 10.6 Å². The van der Waals surface area contributed by atoms with Crippen LogP contribution in [-0.4, -0.2) is 72.7 Å². The molecule has 2 N–H and O–H groups in total. The molecule has 2 unspecified atom stereocenters. The summed E-state index contributed by atoms with van der Waals surface area (Å²) in [7, 11) is 0. The van der Waals surface area contributed by atoms with Crippen LogP contribution in [-0.2, 0) is 30.4 Å². The van der Waals surface area contributed by atoms with Crippen molar-refractivity contribution in [2.45, 2.75) is 85.9 Å². The Kier molecular flexibility index (Phi) is 12.9. The number of likely N-dealkylation sites (tertiary alicyclic amines) is 1. The zero-order chi connectivity index (χ0) is 30.7. The molecule has 1 aliphatic rings. The Bertz CT molecular complexity index is 1160. The van der Waals surface area contributed by atoms with Gasteiger partial charge in [-0.05, 0) is 48.6 Å². The number of rotatable bonds is 15. The summed E-state index contributed by atoms with van der Waals surface area (Å²) in [5, 5.41) is 5.93. The SMILES string of the molecule is Cc1ncsc1-c1ccc(CNC(=O)C2CCCN2C(=O)C(NC(=O)CCOCCOCCC(C)C)C(C)(C)C)cc1. The van der Waals surface area contributed by atoms with E-state index in [0.29, 0.717) is 45.2 Å². The lowest BCUT2D eigenvalue weighted by molar-refractivity contribution is -0.144. The van der Waals surface area contributed by atoms with Crippen LogP contribution in [0.15, 0.2) is 29.8 Å². The van der Waals surface area contributed by atoms with E-state index in [1.807, 2.05) is 57.5 Å². The average molecular weight is 601 g/mol. The third-order valence-corrected chi connectivity index (χ3v) is 8.35. The summed E-state index contributed by atoms with van der Waals surface area (Å²) in [5.41, 5.74) is 4.40. The lowest BCUT2D eigenvalue weighted by Crippen LogP contribution is -2.57. The summed E-state index contributed by atoms with van der Waals surface area (Å²) in [6.07, 6.45) is 2.49. The Balaban J connectivity index is 1.49. The van der Waals surface area contributed by atoms with Gasteiger partial charge < -0.3 is 25.0 Å². The molecular weight excluding hydrogens is 552 g/mol. The number of nitrogens with zero attached hydrogens (tertiary/aromatic N) is 2. The molecule has 0 spiro atoms. The molecule has 1 aromatic carbocycles. The van der Waals surface area contributed by atoms with Gasteiger partial charge in [-0.3, -0.25) is 14.4 Å². The molecule has 2 heterocycles. The highest BCUT2D eigenvalue weighted by Crippen LogP contribution is 2.28.